The van der Waals surface area contributed by atoms with Crippen molar-refractivity contribution >= 4 is 0 Å². The van der Waals surface area contributed by atoms with Crippen molar-refractivity contribution in [1.82, 2.24) is 0 Å². The summed E-state index contributed by atoms with van der Waals surface area (Å²) in [4.78, 5) is 2.76. The molecule has 1 aromatic rings. The summed E-state index contributed by atoms with van der Waals surface area (Å²) in [5, 5.41) is 36.2. The molecule has 0 radical (unpaired) electrons. The lowest BCUT2D eigenvalue weighted by Crippen LogP contribution is -2.75. The quantitative estimate of drug-likeness (QED) is 0.296. The Morgan fingerprint density at radius 2 is 2.04 bits per heavy atom. The third kappa shape index (κ3) is 3.41. The second kappa shape index (κ2) is 7.97. The Bertz CT molecular complexity index is 636. The zero-order valence-electron chi connectivity index (χ0n) is 14.0. The number of nitrogens with zero attached hydrogens (tertiary/aromatic N) is 3. The van der Waals surface area contributed by atoms with Gasteiger partial charge >= 0.3 is 0 Å². The molecule has 136 valence electrons. The molecule has 0 aliphatic carbocycles. The SMILES string of the molecule is C=CC[C@@]1(O)[C@H](N=[N+]=[N-])[C@@H](OC)O[C@H](CO)[C@]1(O)Cc1ccccc1. The summed E-state index contributed by atoms with van der Waals surface area (Å²) in [6.07, 6.45) is -0.943. The van der Waals surface area contributed by atoms with E-state index in [-0.39, 0.29) is 12.8 Å². The molecule has 0 aromatic heterocycles. The van der Waals surface area contributed by atoms with E-state index in [1.54, 1.807) is 24.3 Å². The van der Waals surface area contributed by atoms with Crippen LogP contribution in [0.1, 0.15) is 12.0 Å². The van der Waals surface area contributed by atoms with Crippen molar-refractivity contribution in [2.75, 3.05) is 13.7 Å². The van der Waals surface area contributed by atoms with Gasteiger partial charge in [0.2, 0.25) is 0 Å². The number of aliphatic hydroxyl groups is 3. The highest BCUT2D eigenvalue weighted by Crippen LogP contribution is 2.44. The minimum absolute atomic E-state index is 0.0166. The van der Waals surface area contributed by atoms with Crippen molar-refractivity contribution in [3.63, 3.8) is 0 Å². The zero-order valence-corrected chi connectivity index (χ0v) is 14.0. The number of ether oxygens (including phenoxy) is 2. The van der Waals surface area contributed by atoms with Crippen LogP contribution in [-0.4, -0.2) is 58.7 Å². The zero-order chi connectivity index (χ0) is 18.5. The number of hydrogen-bond donors (Lipinski definition) is 3. The molecule has 8 nitrogen and oxygen atoms in total. The van der Waals surface area contributed by atoms with Crippen LogP contribution >= 0.6 is 0 Å². The molecule has 1 heterocycles. The molecule has 1 aromatic carbocycles. The number of rotatable bonds is 7. The van der Waals surface area contributed by atoms with Gasteiger partial charge in [-0.2, -0.15) is 0 Å². The Balaban J connectivity index is 2.57. The number of methoxy groups -OCH3 is 1. The largest absolute Gasteiger partial charge is 0.394 e. The van der Waals surface area contributed by atoms with Crippen molar-refractivity contribution in [1.29, 1.82) is 0 Å². The first kappa shape index (κ1) is 19.4. The van der Waals surface area contributed by atoms with E-state index < -0.39 is 36.2 Å². The number of azide groups is 1. The van der Waals surface area contributed by atoms with Crippen molar-refractivity contribution in [2.24, 2.45) is 5.11 Å². The lowest BCUT2D eigenvalue weighted by molar-refractivity contribution is -0.328. The summed E-state index contributed by atoms with van der Waals surface area (Å²) >= 11 is 0. The lowest BCUT2D eigenvalue weighted by atomic mass is 9.67. The molecule has 0 bridgehead atoms. The third-order valence-electron chi connectivity index (χ3n) is 4.67. The van der Waals surface area contributed by atoms with Crippen LogP contribution in [0, 0.1) is 0 Å². The standard InChI is InChI=1S/C17H23N3O5/c1-3-9-16(22)14(19-20-18)15(24-2)25-13(11-21)17(16,23)10-12-7-5-4-6-8-12/h3-8,13-15,21-23H,1,9-11H2,2H3/t13-,14-,15+,16-,17-/m1/s1. The molecule has 2 rings (SSSR count). The Labute approximate surface area is 145 Å². The van der Waals surface area contributed by atoms with Crippen LogP contribution < -0.4 is 0 Å². The van der Waals surface area contributed by atoms with Gasteiger partial charge in [0.15, 0.2) is 6.29 Å². The van der Waals surface area contributed by atoms with Gasteiger partial charge in [0.25, 0.3) is 0 Å². The Morgan fingerprint density at radius 3 is 2.56 bits per heavy atom. The van der Waals surface area contributed by atoms with Gasteiger partial charge in [0.1, 0.15) is 23.3 Å². The molecule has 1 saturated heterocycles. The van der Waals surface area contributed by atoms with Crippen molar-refractivity contribution in [3.8, 4) is 0 Å². The predicted molar refractivity (Wildman–Crippen MR) is 90.5 cm³/mol. The van der Waals surface area contributed by atoms with E-state index in [2.05, 4.69) is 16.6 Å². The molecule has 1 aliphatic rings. The molecule has 1 fully saturated rings. The molecule has 0 unspecified atom stereocenters. The van der Waals surface area contributed by atoms with E-state index in [1.807, 2.05) is 6.07 Å². The highest BCUT2D eigenvalue weighted by atomic mass is 16.7. The second-order valence-corrected chi connectivity index (χ2v) is 6.06. The van der Waals surface area contributed by atoms with Crippen molar-refractivity contribution in [3.05, 3.63) is 59.0 Å². The van der Waals surface area contributed by atoms with Crippen molar-refractivity contribution in [2.45, 2.75) is 42.5 Å². The van der Waals surface area contributed by atoms with Crippen LogP contribution in [0.25, 0.3) is 10.4 Å². The van der Waals surface area contributed by atoms with Crippen LogP contribution in [-0.2, 0) is 15.9 Å². The summed E-state index contributed by atoms with van der Waals surface area (Å²) < 4.78 is 10.8. The Hall–Kier alpha value is -1.93. The van der Waals surface area contributed by atoms with Crippen LogP contribution in [0.3, 0.4) is 0 Å². The molecule has 0 saturated carbocycles. The molecule has 1 aliphatic heterocycles. The van der Waals surface area contributed by atoms with E-state index in [0.29, 0.717) is 0 Å². The van der Waals surface area contributed by atoms with E-state index in [4.69, 9.17) is 15.0 Å². The first-order chi connectivity index (χ1) is 12.0. The first-order valence-corrected chi connectivity index (χ1v) is 7.89. The topological polar surface area (TPSA) is 128 Å². The summed E-state index contributed by atoms with van der Waals surface area (Å²) in [5.74, 6) is 0. The molecular formula is C17H23N3O5. The van der Waals surface area contributed by atoms with E-state index in [0.717, 1.165) is 5.56 Å². The lowest BCUT2D eigenvalue weighted by Gasteiger charge is -2.55. The molecule has 3 N–H and O–H groups in total. The van der Waals surface area contributed by atoms with Crippen LogP contribution in [0.4, 0.5) is 0 Å². The van der Waals surface area contributed by atoms with E-state index in [1.165, 1.54) is 13.2 Å². The summed E-state index contributed by atoms with van der Waals surface area (Å²) in [7, 11) is 1.33. The monoisotopic (exact) mass is 349 g/mol. The van der Waals surface area contributed by atoms with Gasteiger partial charge in [-0.3, -0.25) is 0 Å². The van der Waals surface area contributed by atoms with Crippen molar-refractivity contribution < 1.29 is 24.8 Å². The van der Waals surface area contributed by atoms with Crippen LogP contribution in [0.15, 0.2) is 48.1 Å². The number of benzene rings is 1. The van der Waals surface area contributed by atoms with Crippen LogP contribution in [0.2, 0.25) is 0 Å². The normalized spacial score (nSPS) is 35.0. The Morgan fingerprint density at radius 1 is 1.36 bits per heavy atom. The fourth-order valence-corrected chi connectivity index (χ4v) is 3.38. The maximum Gasteiger partial charge on any atom is 0.169 e. The van der Waals surface area contributed by atoms with Gasteiger partial charge in [0, 0.05) is 18.4 Å². The Kier molecular flexibility index (Phi) is 6.18. The summed E-state index contributed by atoms with van der Waals surface area (Å²) in [5.41, 5.74) is 5.75. The molecular weight excluding hydrogens is 326 g/mol. The van der Waals surface area contributed by atoms with Gasteiger partial charge in [-0.1, -0.05) is 41.5 Å². The second-order valence-electron chi connectivity index (χ2n) is 6.06. The first-order valence-electron chi connectivity index (χ1n) is 7.89. The smallest absolute Gasteiger partial charge is 0.169 e. The fourth-order valence-electron chi connectivity index (χ4n) is 3.38. The fraction of sp³-hybridized carbons (Fsp3) is 0.529. The predicted octanol–water partition coefficient (Wildman–Crippen LogP) is 1.31. The average molecular weight is 349 g/mol. The maximum absolute atomic E-state index is 11.4. The van der Waals surface area contributed by atoms with E-state index >= 15 is 0 Å². The highest BCUT2D eigenvalue weighted by molar-refractivity contribution is 5.24. The van der Waals surface area contributed by atoms with Gasteiger partial charge in [-0.25, -0.2) is 0 Å². The van der Waals surface area contributed by atoms with Gasteiger partial charge in [0.05, 0.1) is 6.61 Å². The molecule has 0 spiro atoms. The highest BCUT2D eigenvalue weighted by Gasteiger charge is 2.64. The molecule has 5 atom stereocenters. The number of aliphatic hydroxyl groups excluding tert-OH is 1. The van der Waals surface area contributed by atoms with E-state index in [9.17, 15) is 15.3 Å². The molecule has 8 heteroatoms. The maximum atomic E-state index is 11.4. The molecule has 0 amide bonds. The number of hydrogen-bond acceptors (Lipinski definition) is 6. The van der Waals surface area contributed by atoms with Crippen LogP contribution in [0.5, 0.6) is 0 Å². The third-order valence-corrected chi connectivity index (χ3v) is 4.67. The minimum Gasteiger partial charge on any atom is -0.394 e. The average Bonchev–Trinajstić information content (AvgIpc) is 2.61. The van der Waals surface area contributed by atoms with Gasteiger partial charge in [-0.05, 0) is 17.5 Å². The minimum atomic E-state index is -1.94. The van der Waals surface area contributed by atoms with Gasteiger partial charge < -0.3 is 24.8 Å². The molecule has 25 heavy (non-hydrogen) atoms. The summed E-state index contributed by atoms with van der Waals surface area (Å²) in [6, 6.07) is 7.76. The summed E-state index contributed by atoms with van der Waals surface area (Å²) in [6.45, 7) is 3.07. The van der Waals surface area contributed by atoms with Gasteiger partial charge in [-0.15, -0.1) is 6.58 Å².